The Bertz CT molecular complexity index is 518. The Hall–Kier alpha value is -0.696. The van der Waals surface area contributed by atoms with Gasteiger partial charge in [0.05, 0.1) is 19.4 Å². The zero-order valence-corrected chi connectivity index (χ0v) is 20.5. The van der Waals surface area contributed by atoms with Gasteiger partial charge in [-0.1, -0.05) is 41.5 Å². The zero-order valence-electron chi connectivity index (χ0n) is 18.5. The number of ether oxygens (including phenoxy) is 1. The second kappa shape index (κ2) is 8.54. The van der Waals surface area contributed by atoms with E-state index in [2.05, 4.69) is 72.7 Å². The van der Waals surface area contributed by atoms with Gasteiger partial charge >= 0.3 is 0 Å². The van der Waals surface area contributed by atoms with E-state index < -0.39 is 16.6 Å². The van der Waals surface area contributed by atoms with Crippen molar-refractivity contribution in [2.45, 2.75) is 83.9 Å². The van der Waals surface area contributed by atoms with Crippen LogP contribution in [0.2, 0.25) is 36.3 Å². The van der Waals surface area contributed by atoms with Gasteiger partial charge in [-0.2, -0.15) is 0 Å². The SMILES string of the molecule is CC(C)(C)[Si](C)(C)OCC(CO[Si](C)(C)C(C)(C)C)Oc1cccnc1. The monoisotopic (exact) mass is 397 g/mol. The molecule has 0 aliphatic heterocycles. The minimum absolute atomic E-state index is 0.137. The van der Waals surface area contributed by atoms with E-state index in [1.807, 2.05) is 12.1 Å². The quantitative estimate of drug-likeness (QED) is 0.514. The molecule has 0 atom stereocenters. The van der Waals surface area contributed by atoms with Crippen LogP contribution in [0.15, 0.2) is 24.5 Å². The molecule has 1 aromatic rings. The highest BCUT2D eigenvalue weighted by molar-refractivity contribution is 6.74. The predicted molar refractivity (Wildman–Crippen MR) is 115 cm³/mol. The fourth-order valence-electron chi connectivity index (χ4n) is 1.76. The normalized spacial score (nSPS) is 14.0. The lowest BCUT2D eigenvalue weighted by Gasteiger charge is -2.39. The van der Waals surface area contributed by atoms with Crippen molar-refractivity contribution < 1.29 is 13.6 Å². The van der Waals surface area contributed by atoms with Gasteiger partial charge in [0.1, 0.15) is 11.9 Å². The zero-order chi connectivity index (χ0) is 20.2. The Morgan fingerprint density at radius 2 is 1.35 bits per heavy atom. The van der Waals surface area contributed by atoms with Crippen molar-refractivity contribution in [2.75, 3.05) is 13.2 Å². The largest absolute Gasteiger partial charge is 0.484 e. The van der Waals surface area contributed by atoms with Crippen LogP contribution < -0.4 is 4.74 Å². The molecule has 0 radical (unpaired) electrons. The van der Waals surface area contributed by atoms with Crippen LogP contribution in [-0.4, -0.2) is 40.9 Å². The van der Waals surface area contributed by atoms with Gasteiger partial charge in [0.25, 0.3) is 0 Å². The van der Waals surface area contributed by atoms with Gasteiger partial charge in [-0.15, -0.1) is 0 Å². The third-order valence-corrected chi connectivity index (χ3v) is 14.8. The van der Waals surface area contributed by atoms with E-state index in [0.717, 1.165) is 5.75 Å². The first-order chi connectivity index (χ1) is 11.7. The molecule has 0 saturated carbocycles. The molecule has 0 saturated heterocycles. The van der Waals surface area contributed by atoms with Crippen LogP contribution in [0.1, 0.15) is 41.5 Å². The Kier molecular flexibility index (Phi) is 7.67. The summed E-state index contributed by atoms with van der Waals surface area (Å²) in [7, 11) is -3.67. The van der Waals surface area contributed by atoms with Crippen LogP contribution >= 0.6 is 0 Å². The number of aromatic nitrogens is 1. The second-order valence-corrected chi connectivity index (χ2v) is 19.7. The lowest BCUT2D eigenvalue weighted by atomic mass is 10.2. The second-order valence-electron chi connectivity index (χ2n) is 10.1. The lowest BCUT2D eigenvalue weighted by molar-refractivity contribution is 0.0703. The molecule has 0 aliphatic carbocycles. The molecule has 0 spiro atoms. The highest BCUT2D eigenvalue weighted by atomic mass is 28.4. The molecule has 0 fully saturated rings. The van der Waals surface area contributed by atoms with Crippen molar-refractivity contribution in [1.82, 2.24) is 4.98 Å². The average Bonchev–Trinajstić information content (AvgIpc) is 2.49. The first-order valence-corrected chi connectivity index (χ1v) is 15.3. The van der Waals surface area contributed by atoms with Crippen LogP contribution in [0.4, 0.5) is 0 Å². The van der Waals surface area contributed by atoms with E-state index in [1.54, 1.807) is 12.4 Å². The summed E-state index contributed by atoms with van der Waals surface area (Å²) in [5.74, 6) is 0.759. The van der Waals surface area contributed by atoms with E-state index in [9.17, 15) is 0 Å². The third kappa shape index (κ3) is 6.80. The highest BCUT2D eigenvalue weighted by Gasteiger charge is 2.40. The van der Waals surface area contributed by atoms with Gasteiger partial charge in [0, 0.05) is 6.20 Å². The van der Waals surface area contributed by atoms with Gasteiger partial charge in [0.15, 0.2) is 16.6 Å². The predicted octanol–water partition coefficient (Wildman–Crippen LogP) is 5.87. The Morgan fingerprint density at radius 1 is 0.885 bits per heavy atom. The summed E-state index contributed by atoms with van der Waals surface area (Å²) in [4.78, 5) is 4.14. The number of hydrogen-bond acceptors (Lipinski definition) is 4. The molecule has 0 N–H and O–H groups in total. The van der Waals surface area contributed by atoms with Gasteiger partial charge in [-0.25, -0.2) is 0 Å². The van der Waals surface area contributed by atoms with E-state index in [1.165, 1.54) is 0 Å². The van der Waals surface area contributed by atoms with Crippen molar-refractivity contribution in [3.05, 3.63) is 24.5 Å². The molecule has 4 nitrogen and oxygen atoms in total. The van der Waals surface area contributed by atoms with E-state index in [4.69, 9.17) is 13.6 Å². The number of pyridine rings is 1. The van der Waals surface area contributed by atoms with E-state index >= 15 is 0 Å². The van der Waals surface area contributed by atoms with Crippen molar-refractivity contribution in [2.24, 2.45) is 0 Å². The number of hydrogen-bond donors (Lipinski definition) is 0. The maximum atomic E-state index is 6.41. The summed E-state index contributed by atoms with van der Waals surface area (Å²) in [6.45, 7) is 23.7. The molecule has 0 aromatic carbocycles. The topological polar surface area (TPSA) is 40.6 Å². The standard InChI is InChI=1S/C20H39NO3Si2/c1-19(2,3)25(7,8)22-15-18(24-17-12-11-13-21-14-17)16-23-26(9,10)20(4,5)6/h11-14,18H,15-16H2,1-10H3. The number of rotatable bonds is 8. The molecule has 0 bridgehead atoms. The van der Waals surface area contributed by atoms with Crippen LogP contribution in [0.5, 0.6) is 5.75 Å². The van der Waals surface area contributed by atoms with E-state index in [-0.39, 0.29) is 16.2 Å². The maximum absolute atomic E-state index is 6.41. The van der Waals surface area contributed by atoms with Crippen LogP contribution in [-0.2, 0) is 8.85 Å². The first-order valence-electron chi connectivity index (χ1n) is 9.50. The number of nitrogens with zero attached hydrogens (tertiary/aromatic N) is 1. The summed E-state index contributed by atoms with van der Waals surface area (Å²) >= 11 is 0. The first kappa shape index (κ1) is 23.3. The fraction of sp³-hybridized carbons (Fsp3) is 0.750. The molecule has 1 heterocycles. The molecule has 150 valence electrons. The summed E-state index contributed by atoms with van der Waals surface area (Å²) in [6.07, 6.45) is 3.36. The van der Waals surface area contributed by atoms with Gasteiger partial charge in [0.2, 0.25) is 0 Å². The summed E-state index contributed by atoms with van der Waals surface area (Å²) in [5, 5.41) is 0.346. The fourth-order valence-corrected chi connectivity index (χ4v) is 3.83. The molecule has 26 heavy (non-hydrogen) atoms. The smallest absolute Gasteiger partial charge is 0.192 e. The van der Waals surface area contributed by atoms with Gasteiger partial charge in [-0.05, 0) is 48.4 Å². The Morgan fingerprint density at radius 3 is 1.69 bits per heavy atom. The van der Waals surface area contributed by atoms with Crippen LogP contribution in [0.3, 0.4) is 0 Å². The summed E-state index contributed by atoms with van der Waals surface area (Å²) < 4.78 is 19.0. The molecule has 0 aliphatic rings. The Labute approximate surface area is 162 Å². The molecular formula is C20H39NO3Si2. The summed E-state index contributed by atoms with van der Waals surface area (Å²) in [6, 6.07) is 3.81. The van der Waals surface area contributed by atoms with E-state index in [0.29, 0.717) is 13.2 Å². The molecule has 0 amide bonds. The van der Waals surface area contributed by atoms with Crippen molar-refractivity contribution in [3.63, 3.8) is 0 Å². The minimum Gasteiger partial charge on any atom is -0.484 e. The van der Waals surface area contributed by atoms with Gasteiger partial charge in [-0.3, -0.25) is 4.98 Å². The summed E-state index contributed by atoms with van der Waals surface area (Å²) in [5.41, 5.74) is 0. The van der Waals surface area contributed by atoms with Crippen molar-refractivity contribution in [1.29, 1.82) is 0 Å². The lowest BCUT2D eigenvalue weighted by Crippen LogP contribution is -2.47. The van der Waals surface area contributed by atoms with Crippen molar-refractivity contribution in [3.8, 4) is 5.75 Å². The van der Waals surface area contributed by atoms with Crippen molar-refractivity contribution >= 4 is 16.6 Å². The maximum Gasteiger partial charge on any atom is 0.192 e. The minimum atomic E-state index is -1.84. The Balaban J connectivity index is 2.83. The molecular weight excluding hydrogens is 358 g/mol. The third-order valence-electron chi connectivity index (χ3n) is 5.81. The van der Waals surface area contributed by atoms with Crippen LogP contribution in [0, 0.1) is 0 Å². The van der Waals surface area contributed by atoms with Crippen LogP contribution in [0.25, 0.3) is 0 Å². The van der Waals surface area contributed by atoms with Gasteiger partial charge < -0.3 is 13.6 Å². The molecule has 6 heteroatoms. The molecule has 0 unspecified atom stereocenters. The molecule has 1 rings (SSSR count). The molecule has 1 aromatic heterocycles. The highest BCUT2D eigenvalue weighted by Crippen LogP contribution is 2.38. The average molecular weight is 398 g/mol.